The number of hydrogen-bond donors (Lipinski definition) is 0. The molecule has 0 radical (unpaired) electrons. The summed E-state index contributed by atoms with van der Waals surface area (Å²) in [6.07, 6.45) is -4.74. The molecule has 0 aliphatic carbocycles. The Bertz CT molecular complexity index is 1200. The predicted octanol–water partition coefficient (Wildman–Crippen LogP) is 4.56. The first-order chi connectivity index (χ1) is 18.8. The highest BCUT2D eigenvalue weighted by atomic mass is 32.2. The molecule has 2 fully saturated rings. The highest BCUT2D eigenvalue weighted by molar-refractivity contribution is 7.85. The molecule has 218 valence electrons. The van der Waals surface area contributed by atoms with Gasteiger partial charge in [-0.1, -0.05) is 30.3 Å². The fourth-order valence-corrected chi connectivity index (χ4v) is 5.59. The number of methoxy groups -OCH3 is 1. The largest absolute Gasteiger partial charge is 0.497 e. The lowest BCUT2D eigenvalue weighted by Crippen LogP contribution is -2.65. The third-order valence-electron chi connectivity index (χ3n) is 6.57. The maximum Gasteiger partial charge on any atom is 0.311 e. The second-order valence-electron chi connectivity index (χ2n) is 11.9. The quantitative estimate of drug-likeness (QED) is 0.459. The molecule has 0 bridgehead atoms. The summed E-state index contributed by atoms with van der Waals surface area (Å²) >= 11 is 0. The smallest absolute Gasteiger partial charge is 0.311 e. The second-order valence-corrected chi connectivity index (χ2v) is 13.5. The molecule has 40 heavy (non-hydrogen) atoms. The topological polar surface area (TPSA) is 107 Å². The minimum Gasteiger partial charge on any atom is -0.497 e. The number of carbonyl (C=O) groups is 2. The van der Waals surface area contributed by atoms with Crippen LogP contribution in [0.3, 0.4) is 0 Å². The zero-order valence-corrected chi connectivity index (χ0v) is 24.8. The van der Waals surface area contributed by atoms with E-state index < -0.39 is 69.7 Å². The Labute approximate surface area is 237 Å². The second kappa shape index (κ2) is 12.0. The molecule has 2 aliphatic heterocycles. The first kappa shape index (κ1) is 30.2. The molecular weight excluding hydrogens is 536 g/mol. The molecule has 7 atom stereocenters. The van der Waals surface area contributed by atoms with Gasteiger partial charge in [0.1, 0.15) is 18.0 Å². The molecule has 9 nitrogen and oxygen atoms in total. The van der Waals surface area contributed by atoms with E-state index in [9.17, 15) is 13.8 Å². The Morgan fingerprint density at radius 1 is 0.825 bits per heavy atom. The Balaban J connectivity index is 1.73. The van der Waals surface area contributed by atoms with Crippen LogP contribution in [0.1, 0.15) is 53.4 Å². The van der Waals surface area contributed by atoms with E-state index in [4.69, 9.17) is 28.4 Å². The number of rotatable bonds is 6. The van der Waals surface area contributed by atoms with Crippen molar-refractivity contribution in [1.29, 1.82) is 0 Å². The van der Waals surface area contributed by atoms with Gasteiger partial charge in [-0.2, -0.15) is 0 Å². The summed E-state index contributed by atoms with van der Waals surface area (Å²) in [7, 11) is -0.200. The van der Waals surface area contributed by atoms with Crippen LogP contribution in [0.4, 0.5) is 0 Å². The van der Waals surface area contributed by atoms with Crippen molar-refractivity contribution in [2.75, 3.05) is 13.7 Å². The van der Waals surface area contributed by atoms with Crippen LogP contribution in [-0.2, 0) is 44.1 Å². The summed E-state index contributed by atoms with van der Waals surface area (Å²) in [4.78, 5) is 26.9. The van der Waals surface area contributed by atoms with Crippen molar-refractivity contribution in [1.82, 2.24) is 0 Å². The van der Waals surface area contributed by atoms with Gasteiger partial charge in [0.25, 0.3) is 0 Å². The molecule has 1 unspecified atom stereocenters. The predicted molar refractivity (Wildman–Crippen MR) is 147 cm³/mol. The van der Waals surface area contributed by atoms with Gasteiger partial charge >= 0.3 is 11.9 Å². The third-order valence-corrected chi connectivity index (χ3v) is 8.11. The van der Waals surface area contributed by atoms with E-state index in [0.717, 1.165) is 5.56 Å². The van der Waals surface area contributed by atoms with Gasteiger partial charge in [0, 0.05) is 10.5 Å². The zero-order valence-electron chi connectivity index (χ0n) is 23.9. The lowest BCUT2D eigenvalue weighted by molar-refractivity contribution is -0.322. The van der Waals surface area contributed by atoms with Crippen molar-refractivity contribution in [3.05, 3.63) is 60.2 Å². The summed E-state index contributed by atoms with van der Waals surface area (Å²) in [6, 6.07) is 16.0. The van der Waals surface area contributed by atoms with Crippen LogP contribution in [0.2, 0.25) is 0 Å². The van der Waals surface area contributed by atoms with Gasteiger partial charge in [-0.05, 0) is 65.8 Å². The number of fused-ring (bicyclic) bond motifs is 1. The molecule has 2 saturated heterocycles. The molecule has 2 heterocycles. The maximum absolute atomic E-state index is 13.9. The highest BCUT2D eigenvalue weighted by Gasteiger charge is 2.56. The van der Waals surface area contributed by atoms with E-state index in [0.29, 0.717) is 10.6 Å². The van der Waals surface area contributed by atoms with Crippen LogP contribution >= 0.6 is 0 Å². The summed E-state index contributed by atoms with van der Waals surface area (Å²) < 4.78 is 49.8. The summed E-state index contributed by atoms with van der Waals surface area (Å²) in [5.41, 5.74) is -2.16. The molecule has 10 heteroatoms. The fraction of sp³-hybridized carbons (Fsp3) is 0.533. The van der Waals surface area contributed by atoms with E-state index in [-0.39, 0.29) is 6.61 Å². The number of carbonyl (C=O) groups excluding carboxylic acids is 2. The van der Waals surface area contributed by atoms with E-state index in [2.05, 4.69) is 0 Å². The molecule has 2 aromatic carbocycles. The van der Waals surface area contributed by atoms with Crippen molar-refractivity contribution in [3.63, 3.8) is 0 Å². The maximum atomic E-state index is 13.9. The molecule has 2 aromatic rings. The number of esters is 2. The van der Waals surface area contributed by atoms with Gasteiger partial charge in [-0.3, -0.25) is 13.8 Å². The molecule has 0 spiro atoms. The third kappa shape index (κ3) is 6.74. The normalized spacial score (nSPS) is 27.7. The van der Waals surface area contributed by atoms with Crippen molar-refractivity contribution >= 4 is 22.7 Å². The van der Waals surface area contributed by atoms with E-state index in [1.165, 1.54) is 0 Å². The Hall–Kier alpha value is -2.79. The number of hydrogen-bond acceptors (Lipinski definition) is 9. The first-order valence-electron chi connectivity index (χ1n) is 13.2. The Morgan fingerprint density at radius 3 is 1.95 bits per heavy atom. The van der Waals surface area contributed by atoms with E-state index >= 15 is 0 Å². The lowest BCUT2D eigenvalue weighted by Gasteiger charge is -2.48. The average Bonchev–Trinajstić information content (AvgIpc) is 2.92. The molecule has 0 aromatic heterocycles. The molecular formula is C30H38O9S. The van der Waals surface area contributed by atoms with Gasteiger partial charge < -0.3 is 28.4 Å². The van der Waals surface area contributed by atoms with Crippen molar-refractivity contribution in [2.24, 2.45) is 10.8 Å². The van der Waals surface area contributed by atoms with Gasteiger partial charge in [0.2, 0.25) is 0 Å². The highest BCUT2D eigenvalue weighted by Crippen LogP contribution is 2.39. The minimum absolute atomic E-state index is 0.0767. The van der Waals surface area contributed by atoms with Crippen molar-refractivity contribution in [3.8, 4) is 5.75 Å². The lowest BCUT2D eigenvalue weighted by atomic mass is 9.94. The van der Waals surface area contributed by atoms with E-state index in [1.54, 1.807) is 85.1 Å². The van der Waals surface area contributed by atoms with Gasteiger partial charge in [-0.25, -0.2) is 0 Å². The van der Waals surface area contributed by atoms with Crippen molar-refractivity contribution in [2.45, 2.75) is 82.6 Å². The summed E-state index contributed by atoms with van der Waals surface area (Å²) in [5, 5.41) is 0. The van der Waals surface area contributed by atoms with Gasteiger partial charge in [-0.15, -0.1) is 0 Å². The van der Waals surface area contributed by atoms with Gasteiger partial charge in [0.05, 0.1) is 35.3 Å². The van der Waals surface area contributed by atoms with Crippen molar-refractivity contribution < 1.29 is 42.2 Å². The molecule has 0 N–H and O–H groups in total. The summed E-state index contributed by atoms with van der Waals surface area (Å²) in [6.45, 7) is 10.4. The SMILES string of the molecule is COc1ccc([C@@H]2OC[C@H]3O[C@@H](S(=O)c4ccccc4)[C@H](OC(=O)C(C)(C)C)[C@@H](OC(=O)C(C)(C)C)[C@@H]3O2)cc1. The first-order valence-corrected chi connectivity index (χ1v) is 14.4. The number of benzene rings is 2. The zero-order chi connectivity index (χ0) is 29.2. The fourth-order valence-electron chi connectivity index (χ4n) is 4.20. The van der Waals surface area contributed by atoms with Crippen LogP contribution in [-0.4, -0.2) is 59.7 Å². The minimum atomic E-state index is -1.78. The van der Waals surface area contributed by atoms with Crippen LogP contribution in [0.25, 0.3) is 0 Å². The molecule has 4 rings (SSSR count). The Morgan fingerprint density at radius 2 is 1.40 bits per heavy atom. The molecule has 0 saturated carbocycles. The van der Waals surface area contributed by atoms with Crippen LogP contribution in [0.15, 0.2) is 59.5 Å². The van der Waals surface area contributed by atoms with Crippen LogP contribution < -0.4 is 4.74 Å². The molecule has 0 amide bonds. The monoisotopic (exact) mass is 574 g/mol. The number of ether oxygens (including phenoxy) is 6. The Kier molecular flexibility index (Phi) is 9.04. The van der Waals surface area contributed by atoms with Gasteiger partial charge in [0.15, 0.2) is 23.9 Å². The van der Waals surface area contributed by atoms with E-state index in [1.807, 2.05) is 18.2 Å². The van der Waals surface area contributed by atoms with Crippen LogP contribution in [0.5, 0.6) is 5.75 Å². The summed E-state index contributed by atoms with van der Waals surface area (Å²) in [5.74, 6) is -0.392. The van der Waals surface area contributed by atoms with Crippen LogP contribution in [0, 0.1) is 10.8 Å². The molecule has 2 aliphatic rings. The average molecular weight is 575 g/mol. The standard InChI is InChI=1S/C30H38O9S/c1-29(2,3)27(31)38-23-22-21(17-35-25(37-22)18-13-15-19(34-7)16-14-18)36-26(24(23)39-28(32)30(4,5)6)40(33)20-11-9-8-10-12-20/h8-16,21-26H,17H2,1-7H3/t21-,22-,23+,24-,25-,26+,40?/m1/s1.